The smallest absolute Gasteiger partial charge is 0.220 e. The lowest BCUT2D eigenvalue weighted by molar-refractivity contribution is -0.123. The number of ether oxygens (including phenoxy) is 1. The maximum atomic E-state index is 12.6. The first kappa shape index (κ1) is 24.8. The van der Waals surface area contributed by atoms with Crippen LogP contribution in [0.2, 0.25) is 0 Å². The van der Waals surface area contributed by atoms with E-state index in [9.17, 15) is 9.90 Å². The van der Waals surface area contributed by atoms with Gasteiger partial charge in [-0.05, 0) is 12.0 Å². The maximum absolute atomic E-state index is 12.6. The van der Waals surface area contributed by atoms with E-state index in [4.69, 9.17) is 4.74 Å². The molecule has 0 bridgehead atoms. The Morgan fingerprint density at radius 2 is 1.60 bits per heavy atom. The number of hydrogen-bond donors (Lipinski definition) is 2. The van der Waals surface area contributed by atoms with E-state index in [0.717, 1.165) is 31.5 Å². The zero-order valence-corrected chi connectivity index (χ0v) is 18.9. The highest BCUT2D eigenvalue weighted by Crippen LogP contribution is 2.18. The predicted octanol–water partition coefficient (Wildman–Crippen LogP) is 4.46. The van der Waals surface area contributed by atoms with E-state index in [0.29, 0.717) is 26.2 Å². The molecule has 1 aliphatic rings. The molecule has 2 N–H and O–H groups in total. The number of nitrogens with one attached hydrogen (secondary N) is 1. The molecule has 1 aliphatic heterocycles. The topological polar surface area (TPSA) is 61.8 Å². The minimum atomic E-state index is -0.707. The first-order valence-corrected chi connectivity index (χ1v) is 12.0. The van der Waals surface area contributed by atoms with Crippen LogP contribution in [0.5, 0.6) is 0 Å². The molecule has 30 heavy (non-hydrogen) atoms. The SMILES string of the molecule is CCCCCCCCCCCC(=O)N[C@@H](CN1CCOCC1)[C@H](O)c1ccccc1. The summed E-state index contributed by atoms with van der Waals surface area (Å²) in [5, 5.41) is 14.0. The van der Waals surface area contributed by atoms with Crippen LogP contribution in [0.15, 0.2) is 30.3 Å². The van der Waals surface area contributed by atoms with Crippen molar-refractivity contribution in [2.75, 3.05) is 32.8 Å². The summed E-state index contributed by atoms with van der Waals surface area (Å²) in [6.45, 7) is 5.98. The predicted molar refractivity (Wildman–Crippen MR) is 122 cm³/mol. The van der Waals surface area contributed by atoms with Gasteiger partial charge in [0.25, 0.3) is 0 Å². The van der Waals surface area contributed by atoms with Gasteiger partial charge in [0.05, 0.1) is 19.3 Å². The van der Waals surface area contributed by atoms with Gasteiger partial charge in [0.2, 0.25) is 5.91 Å². The van der Waals surface area contributed by atoms with Gasteiger partial charge < -0.3 is 15.2 Å². The molecule has 1 aromatic carbocycles. The van der Waals surface area contributed by atoms with Crippen molar-refractivity contribution in [3.05, 3.63) is 35.9 Å². The summed E-state index contributed by atoms with van der Waals surface area (Å²) in [4.78, 5) is 14.8. The van der Waals surface area contributed by atoms with Gasteiger partial charge in [-0.25, -0.2) is 0 Å². The number of nitrogens with zero attached hydrogens (tertiary/aromatic N) is 1. The average Bonchev–Trinajstić information content (AvgIpc) is 2.78. The number of carbonyl (C=O) groups is 1. The van der Waals surface area contributed by atoms with Crippen LogP contribution in [0, 0.1) is 0 Å². The van der Waals surface area contributed by atoms with Crippen molar-refractivity contribution in [3.8, 4) is 0 Å². The number of carbonyl (C=O) groups excluding carboxylic acids is 1. The summed E-state index contributed by atoms with van der Waals surface area (Å²) in [6.07, 6.45) is 11.0. The molecule has 0 spiro atoms. The van der Waals surface area contributed by atoms with Crippen LogP contribution in [0.1, 0.15) is 82.8 Å². The monoisotopic (exact) mass is 418 g/mol. The van der Waals surface area contributed by atoms with Crippen molar-refractivity contribution >= 4 is 5.91 Å². The van der Waals surface area contributed by atoms with Gasteiger partial charge in [0.15, 0.2) is 0 Å². The maximum Gasteiger partial charge on any atom is 0.220 e. The lowest BCUT2D eigenvalue weighted by Crippen LogP contribution is -2.49. The molecule has 2 rings (SSSR count). The zero-order valence-electron chi connectivity index (χ0n) is 18.9. The molecule has 2 atom stereocenters. The Kier molecular flexibility index (Phi) is 12.7. The zero-order chi connectivity index (χ0) is 21.4. The second-order valence-electron chi connectivity index (χ2n) is 8.52. The van der Waals surface area contributed by atoms with Crippen molar-refractivity contribution in [1.29, 1.82) is 0 Å². The highest BCUT2D eigenvalue weighted by atomic mass is 16.5. The van der Waals surface area contributed by atoms with Crippen LogP contribution < -0.4 is 5.32 Å². The normalized spacial score (nSPS) is 16.9. The molecule has 1 amide bonds. The van der Waals surface area contributed by atoms with Crippen LogP contribution in [0.25, 0.3) is 0 Å². The number of aliphatic hydroxyl groups is 1. The lowest BCUT2D eigenvalue weighted by Gasteiger charge is -2.33. The van der Waals surface area contributed by atoms with E-state index in [1.54, 1.807) is 0 Å². The summed E-state index contributed by atoms with van der Waals surface area (Å²) in [5.41, 5.74) is 0.846. The molecular weight excluding hydrogens is 376 g/mol. The third kappa shape index (κ3) is 10.1. The van der Waals surface area contributed by atoms with Gasteiger partial charge in [-0.15, -0.1) is 0 Å². The van der Waals surface area contributed by atoms with E-state index in [1.807, 2.05) is 30.3 Å². The van der Waals surface area contributed by atoms with Crippen molar-refractivity contribution in [2.24, 2.45) is 0 Å². The Balaban J connectivity index is 1.73. The molecule has 0 aromatic heterocycles. The standard InChI is InChI=1S/C25H42N2O3/c1-2-3-4-5-6-7-8-9-13-16-24(28)26-23(21-27-17-19-30-20-18-27)25(29)22-14-11-10-12-15-22/h10-12,14-15,23,25,29H,2-9,13,16-21H2,1H3,(H,26,28)/t23-,25+/m0/s1. The quantitative estimate of drug-likeness (QED) is 0.413. The molecular formula is C25H42N2O3. The Morgan fingerprint density at radius 3 is 2.23 bits per heavy atom. The Labute approximate surface area is 183 Å². The highest BCUT2D eigenvalue weighted by molar-refractivity contribution is 5.76. The molecule has 1 fully saturated rings. The van der Waals surface area contributed by atoms with Crippen LogP contribution in [0.3, 0.4) is 0 Å². The minimum absolute atomic E-state index is 0.0474. The van der Waals surface area contributed by atoms with Crippen molar-refractivity contribution in [3.63, 3.8) is 0 Å². The molecule has 1 heterocycles. The average molecular weight is 419 g/mol. The third-order valence-electron chi connectivity index (χ3n) is 5.93. The molecule has 1 saturated heterocycles. The number of unbranched alkanes of at least 4 members (excludes halogenated alkanes) is 8. The summed E-state index contributed by atoms with van der Waals surface area (Å²) >= 11 is 0. The van der Waals surface area contributed by atoms with E-state index in [1.165, 1.54) is 44.9 Å². The van der Waals surface area contributed by atoms with Gasteiger partial charge >= 0.3 is 0 Å². The second-order valence-corrected chi connectivity index (χ2v) is 8.52. The summed E-state index contributed by atoms with van der Waals surface area (Å²) in [7, 11) is 0. The summed E-state index contributed by atoms with van der Waals surface area (Å²) < 4.78 is 5.43. The fourth-order valence-corrected chi connectivity index (χ4v) is 4.04. The molecule has 5 nitrogen and oxygen atoms in total. The largest absolute Gasteiger partial charge is 0.386 e. The number of morpholine rings is 1. The molecule has 0 aliphatic carbocycles. The van der Waals surface area contributed by atoms with Crippen molar-refractivity contribution in [2.45, 2.75) is 83.3 Å². The number of rotatable bonds is 15. The van der Waals surface area contributed by atoms with Crippen LogP contribution in [0.4, 0.5) is 0 Å². The number of hydrogen-bond acceptors (Lipinski definition) is 4. The highest BCUT2D eigenvalue weighted by Gasteiger charge is 2.26. The number of aliphatic hydroxyl groups excluding tert-OH is 1. The molecule has 0 radical (unpaired) electrons. The summed E-state index contributed by atoms with van der Waals surface area (Å²) in [6, 6.07) is 9.32. The van der Waals surface area contributed by atoms with Crippen LogP contribution in [-0.2, 0) is 9.53 Å². The number of benzene rings is 1. The van der Waals surface area contributed by atoms with E-state index in [-0.39, 0.29) is 11.9 Å². The number of amides is 1. The first-order chi connectivity index (χ1) is 14.7. The van der Waals surface area contributed by atoms with Gasteiger partial charge in [0.1, 0.15) is 6.10 Å². The molecule has 5 heteroatoms. The van der Waals surface area contributed by atoms with Gasteiger partial charge in [-0.2, -0.15) is 0 Å². The van der Waals surface area contributed by atoms with E-state index >= 15 is 0 Å². The lowest BCUT2D eigenvalue weighted by atomic mass is 10.0. The van der Waals surface area contributed by atoms with Crippen LogP contribution in [-0.4, -0.2) is 54.8 Å². The summed E-state index contributed by atoms with van der Waals surface area (Å²) in [5.74, 6) is 0.0474. The molecule has 1 aromatic rings. The Hall–Kier alpha value is -1.43. The van der Waals surface area contributed by atoms with Crippen molar-refractivity contribution < 1.29 is 14.6 Å². The van der Waals surface area contributed by atoms with E-state index in [2.05, 4.69) is 17.1 Å². The molecule has 170 valence electrons. The third-order valence-corrected chi connectivity index (χ3v) is 5.93. The Morgan fingerprint density at radius 1 is 1.00 bits per heavy atom. The molecule has 0 unspecified atom stereocenters. The van der Waals surface area contributed by atoms with Gasteiger partial charge in [0, 0.05) is 26.1 Å². The van der Waals surface area contributed by atoms with Gasteiger partial charge in [-0.1, -0.05) is 88.6 Å². The van der Waals surface area contributed by atoms with Gasteiger partial charge in [-0.3, -0.25) is 9.69 Å². The van der Waals surface area contributed by atoms with E-state index < -0.39 is 6.10 Å². The Bertz CT molecular complexity index is 561. The molecule has 0 saturated carbocycles. The van der Waals surface area contributed by atoms with Crippen molar-refractivity contribution in [1.82, 2.24) is 10.2 Å². The fraction of sp³-hybridized carbons (Fsp3) is 0.720. The van der Waals surface area contributed by atoms with Crippen LogP contribution >= 0.6 is 0 Å². The minimum Gasteiger partial charge on any atom is -0.386 e. The first-order valence-electron chi connectivity index (χ1n) is 12.0. The fourth-order valence-electron chi connectivity index (χ4n) is 4.04. The second kappa shape index (κ2) is 15.4.